The molecule has 2 aliphatic carbocycles. The number of amides is 2. The van der Waals surface area contributed by atoms with Gasteiger partial charge in [0.05, 0.1) is 17.6 Å². The Hall–Kier alpha value is -3.40. The number of rotatable bonds is 1. The van der Waals surface area contributed by atoms with Crippen LogP contribution >= 0.6 is 11.6 Å². The molecule has 2 bridgehead atoms. The van der Waals surface area contributed by atoms with Crippen LogP contribution in [0.25, 0.3) is 17.1 Å². The molecule has 4 aliphatic rings. The molecule has 0 spiro atoms. The Bertz CT molecular complexity index is 1580. The van der Waals surface area contributed by atoms with Crippen LogP contribution in [0, 0.1) is 29.1 Å². The van der Waals surface area contributed by atoms with Crippen LogP contribution in [-0.2, 0) is 19.1 Å². The lowest BCUT2D eigenvalue weighted by molar-refractivity contribution is -0.165. The molecule has 0 unspecified atom stereocenters. The smallest absolute Gasteiger partial charge is 0.408 e. The number of hydrogen-bond donors (Lipinski definition) is 1. The molecule has 2 amide bonds. The first-order valence-electron chi connectivity index (χ1n) is 16.9. The van der Waals surface area contributed by atoms with Crippen molar-refractivity contribution in [3.05, 3.63) is 35.0 Å². The summed E-state index contributed by atoms with van der Waals surface area (Å²) in [6, 6.07) is 3.43. The summed E-state index contributed by atoms with van der Waals surface area (Å²) in [6.45, 7) is 13.0. The van der Waals surface area contributed by atoms with Crippen LogP contribution < -0.4 is 10.1 Å². The third kappa shape index (κ3) is 7.22. The summed E-state index contributed by atoms with van der Waals surface area (Å²) in [4.78, 5) is 52.9. The average Bonchev–Trinajstić information content (AvgIpc) is 3.53. The zero-order valence-electron chi connectivity index (χ0n) is 28.4. The molecule has 3 heterocycles. The van der Waals surface area contributed by atoms with E-state index in [4.69, 9.17) is 35.8 Å². The van der Waals surface area contributed by atoms with Crippen LogP contribution in [-0.4, -0.2) is 69.3 Å². The Morgan fingerprint density at radius 3 is 2.51 bits per heavy atom. The molecule has 1 aromatic heterocycles. The molecule has 2 aliphatic heterocycles. The van der Waals surface area contributed by atoms with Crippen LogP contribution in [0.15, 0.2) is 24.3 Å². The molecule has 2 aromatic rings. The van der Waals surface area contributed by atoms with Crippen molar-refractivity contribution < 1.29 is 28.6 Å². The number of carbonyl (C=O) groups is 3. The van der Waals surface area contributed by atoms with Crippen LogP contribution in [0.3, 0.4) is 0 Å². The lowest BCUT2D eigenvalue weighted by Gasteiger charge is -2.36. The molecular weight excluding hydrogens is 620 g/mol. The summed E-state index contributed by atoms with van der Waals surface area (Å²) >= 11 is 6.30. The van der Waals surface area contributed by atoms with Crippen molar-refractivity contribution in [1.29, 1.82) is 0 Å². The Morgan fingerprint density at radius 1 is 1.02 bits per heavy atom. The third-order valence-electron chi connectivity index (χ3n) is 9.97. The zero-order chi connectivity index (χ0) is 33.8. The lowest BCUT2D eigenvalue weighted by atomic mass is 9.85. The highest BCUT2D eigenvalue weighted by Crippen LogP contribution is 2.57. The van der Waals surface area contributed by atoms with Gasteiger partial charge in [-0.15, -0.1) is 0 Å². The Balaban J connectivity index is 1.40. The molecule has 1 aromatic carbocycles. The minimum Gasteiger partial charge on any atom is -0.471 e. The van der Waals surface area contributed by atoms with E-state index >= 15 is 0 Å². The number of esters is 1. The number of carbonyl (C=O) groups excluding carboxylic acids is 3. The molecule has 8 atom stereocenters. The first kappa shape index (κ1) is 33.5. The van der Waals surface area contributed by atoms with Gasteiger partial charge >= 0.3 is 12.1 Å². The first-order valence-corrected chi connectivity index (χ1v) is 17.3. The van der Waals surface area contributed by atoms with Gasteiger partial charge in [-0.25, -0.2) is 19.6 Å². The van der Waals surface area contributed by atoms with Crippen LogP contribution in [0.2, 0.25) is 5.02 Å². The molecule has 1 N–H and O–H groups in total. The van der Waals surface area contributed by atoms with Gasteiger partial charge in [-0.1, -0.05) is 45.4 Å². The van der Waals surface area contributed by atoms with Crippen molar-refractivity contribution in [2.75, 3.05) is 6.54 Å². The lowest BCUT2D eigenvalue weighted by Crippen LogP contribution is -2.58. The summed E-state index contributed by atoms with van der Waals surface area (Å²) in [6.07, 6.45) is 7.36. The molecule has 11 heteroatoms. The number of allylic oxidation sites excluding steroid dienone is 1. The number of fused-ring (bicyclic) bond motifs is 7. The number of alkyl carbamates (subject to hydrolysis) is 1. The number of benzene rings is 1. The topological polar surface area (TPSA) is 120 Å². The Morgan fingerprint density at radius 2 is 1.79 bits per heavy atom. The molecule has 0 radical (unpaired) electrons. The SMILES string of the molecule is C[C@@H]1[C@@H]2CN(C(=O)[C@H](C(C)(C)C)NC(=O)O[C@@H]3C[C@@H]4C[C@@H]4[C@H]3CCC/C=C/c3nc4ccc(Cl)cc4nc3O2)[C@@H]1C(=O)OC(C)(C)C. The minimum absolute atomic E-state index is 0.0830. The first-order chi connectivity index (χ1) is 22.1. The van der Waals surface area contributed by atoms with Crippen LogP contribution in [0.5, 0.6) is 5.88 Å². The number of aromatic nitrogens is 2. The zero-order valence-corrected chi connectivity index (χ0v) is 29.2. The second kappa shape index (κ2) is 12.6. The summed E-state index contributed by atoms with van der Waals surface area (Å²) in [5.74, 6) is 0.379. The molecule has 10 nitrogen and oxygen atoms in total. The number of halogens is 1. The quantitative estimate of drug-likeness (QED) is 0.339. The molecule has 1 saturated heterocycles. The summed E-state index contributed by atoms with van der Waals surface area (Å²) < 4.78 is 18.5. The van der Waals surface area contributed by atoms with E-state index in [1.54, 1.807) is 32.9 Å². The van der Waals surface area contributed by atoms with Gasteiger partial charge in [0.2, 0.25) is 11.8 Å². The van der Waals surface area contributed by atoms with Gasteiger partial charge in [-0.2, -0.15) is 0 Å². The van der Waals surface area contributed by atoms with Crippen molar-refractivity contribution in [3.8, 4) is 5.88 Å². The van der Waals surface area contributed by atoms with Gasteiger partial charge in [0.25, 0.3) is 0 Å². The van der Waals surface area contributed by atoms with Crippen molar-refractivity contribution >= 4 is 46.7 Å². The number of ether oxygens (including phenoxy) is 3. The Labute approximate surface area is 281 Å². The van der Waals surface area contributed by atoms with Crippen molar-refractivity contribution in [2.45, 2.75) is 110 Å². The predicted molar refractivity (Wildman–Crippen MR) is 179 cm³/mol. The minimum atomic E-state index is -0.958. The fourth-order valence-corrected chi connectivity index (χ4v) is 7.69. The van der Waals surface area contributed by atoms with Crippen molar-refractivity contribution in [2.24, 2.45) is 29.1 Å². The van der Waals surface area contributed by atoms with Gasteiger partial charge < -0.3 is 24.4 Å². The van der Waals surface area contributed by atoms with E-state index in [0.29, 0.717) is 45.4 Å². The van der Waals surface area contributed by atoms with Gasteiger partial charge in [-0.3, -0.25) is 4.79 Å². The normalized spacial score (nSPS) is 32.1. The highest BCUT2D eigenvalue weighted by atomic mass is 35.5. The highest BCUT2D eigenvalue weighted by molar-refractivity contribution is 6.31. The van der Waals surface area contributed by atoms with E-state index in [0.717, 1.165) is 25.7 Å². The number of nitrogens with zero attached hydrogens (tertiary/aromatic N) is 3. The summed E-state index contributed by atoms with van der Waals surface area (Å²) in [7, 11) is 0. The number of nitrogens with one attached hydrogen (secondary N) is 1. The van der Waals surface area contributed by atoms with Crippen LogP contribution in [0.4, 0.5) is 4.79 Å². The predicted octanol–water partition coefficient (Wildman–Crippen LogP) is 6.58. The Kier molecular flexibility index (Phi) is 8.96. The van der Waals surface area contributed by atoms with E-state index in [2.05, 4.69) is 11.4 Å². The largest absolute Gasteiger partial charge is 0.471 e. The average molecular weight is 667 g/mol. The summed E-state index contributed by atoms with van der Waals surface area (Å²) in [5, 5.41) is 3.44. The van der Waals surface area contributed by atoms with Gasteiger partial charge in [0.1, 0.15) is 35.6 Å². The second-order valence-electron chi connectivity index (χ2n) is 15.8. The second-order valence-corrected chi connectivity index (χ2v) is 16.2. The molecule has 47 heavy (non-hydrogen) atoms. The van der Waals surface area contributed by atoms with Gasteiger partial charge in [0, 0.05) is 10.9 Å². The molecule has 6 rings (SSSR count). The van der Waals surface area contributed by atoms with Gasteiger partial charge in [-0.05, 0) is 100 Å². The molecule has 3 fully saturated rings. The maximum atomic E-state index is 14.5. The van der Waals surface area contributed by atoms with E-state index in [-0.39, 0.29) is 12.6 Å². The fourth-order valence-electron chi connectivity index (χ4n) is 7.52. The molecule has 254 valence electrons. The maximum absolute atomic E-state index is 14.5. The van der Waals surface area contributed by atoms with Crippen molar-refractivity contribution in [1.82, 2.24) is 20.2 Å². The van der Waals surface area contributed by atoms with E-state index < -0.39 is 53.1 Å². The standard InChI is InChI=1S/C36H47ClN4O6/c1-19-28-18-41(29(19)33(43)47-36(5,6)7)32(42)30(35(2,3)4)40-34(44)46-27-16-20-15-23(20)22(27)11-9-8-10-12-25-31(45-28)39-26-17-21(37)13-14-24(26)38-25/h10,12-14,17,19-20,22-23,27-30H,8-9,11,15-16,18H2,1-7H3,(H,40,44)/b12-10+/t19-,20+,22-,23+,27-,28+,29+,30-/m1/s1. The van der Waals surface area contributed by atoms with E-state index in [1.165, 1.54) is 11.3 Å². The summed E-state index contributed by atoms with van der Waals surface area (Å²) in [5.41, 5.74) is 0.366. The monoisotopic (exact) mass is 666 g/mol. The highest BCUT2D eigenvalue weighted by Gasteiger charge is 2.55. The maximum Gasteiger partial charge on any atom is 0.408 e. The molecule has 2 saturated carbocycles. The van der Waals surface area contributed by atoms with Crippen molar-refractivity contribution in [3.63, 3.8) is 0 Å². The van der Waals surface area contributed by atoms with E-state index in [9.17, 15) is 14.4 Å². The fraction of sp³-hybridized carbons (Fsp3) is 0.639. The van der Waals surface area contributed by atoms with Crippen LogP contribution in [0.1, 0.15) is 86.3 Å². The third-order valence-corrected chi connectivity index (χ3v) is 10.2. The van der Waals surface area contributed by atoms with Gasteiger partial charge in [0.15, 0.2) is 0 Å². The number of hydrogen-bond acceptors (Lipinski definition) is 8. The molecular formula is C36H47ClN4O6. The van der Waals surface area contributed by atoms with E-state index in [1.807, 2.05) is 39.8 Å².